The molecule has 6 nitrogen and oxygen atoms in total. The van der Waals surface area contributed by atoms with Gasteiger partial charge < -0.3 is 10.3 Å². The molecule has 1 unspecified atom stereocenters. The number of amides is 1. The van der Waals surface area contributed by atoms with Gasteiger partial charge in [0.05, 0.1) is 6.04 Å². The number of primary amides is 1. The van der Waals surface area contributed by atoms with Crippen LogP contribution in [-0.2, 0) is 0 Å². The Morgan fingerprint density at radius 1 is 1.25 bits per heavy atom. The fourth-order valence-corrected chi connectivity index (χ4v) is 3.50. The first-order valence-corrected chi connectivity index (χ1v) is 7.61. The summed E-state index contributed by atoms with van der Waals surface area (Å²) >= 11 is 0. The average molecular weight is 278 g/mol. The topological polar surface area (TPSA) is 85.2 Å². The molecule has 20 heavy (non-hydrogen) atoms. The highest BCUT2D eigenvalue weighted by Gasteiger charge is 2.32. The van der Waals surface area contributed by atoms with E-state index >= 15 is 0 Å². The van der Waals surface area contributed by atoms with Crippen molar-refractivity contribution in [3.8, 4) is 0 Å². The number of aromatic nitrogens is 2. The van der Waals surface area contributed by atoms with Crippen molar-refractivity contribution < 1.29 is 9.32 Å². The van der Waals surface area contributed by atoms with Crippen LogP contribution in [-0.4, -0.2) is 34.0 Å². The van der Waals surface area contributed by atoms with Crippen molar-refractivity contribution in [2.45, 2.75) is 51.0 Å². The maximum atomic E-state index is 11.1. The Morgan fingerprint density at radius 3 is 2.75 bits per heavy atom. The van der Waals surface area contributed by atoms with E-state index in [2.05, 4.69) is 15.0 Å². The van der Waals surface area contributed by atoms with Crippen LogP contribution in [0.5, 0.6) is 0 Å². The maximum Gasteiger partial charge on any atom is 0.290 e. The summed E-state index contributed by atoms with van der Waals surface area (Å²) in [6.45, 7) is 2.19. The van der Waals surface area contributed by atoms with Crippen LogP contribution in [0.1, 0.15) is 67.5 Å². The fraction of sp³-hybridized carbons (Fsp3) is 0.786. The summed E-state index contributed by atoms with van der Waals surface area (Å²) in [5.74, 6) is 0.705. The molecule has 1 aromatic rings. The van der Waals surface area contributed by atoms with Crippen molar-refractivity contribution >= 4 is 5.91 Å². The lowest BCUT2D eigenvalue weighted by molar-refractivity contribution is 0.0987. The first kappa shape index (κ1) is 13.5. The van der Waals surface area contributed by atoms with E-state index in [9.17, 15) is 4.79 Å². The third-order valence-electron chi connectivity index (χ3n) is 4.53. The minimum atomic E-state index is -0.628. The quantitative estimate of drug-likeness (QED) is 0.909. The van der Waals surface area contributed by atoms with Gasteiger partial charge in [-0.1, -0.05) is 24.4 Å². The molecule has 0 bridgehead atoms. The lowest BCUT2D eigenvalue weighted by Crippen LogP contribution is -2.30. The highest BCUT2D eigenvalue weighted by molar-refractivity contribution is 5.88. The standard InChI is InChI=1S/C14H22N4O2/c15-12(19)13-16-14(20-17-13)11-7-4-8-18(11)9-10-5-2-1-3-6-10/h10-11H,1-9H2,(H2,15,19). The van der Waals surface area contributed by atoms with E-state index in [1.54, 1.807) is 0 Å². The molecule has 2 N–H and O–H groups in total. The summed E-state index contributed by atoms with van der Waals surface area (Å²) < 4.78 is 5.23. The number of nitrogens with zero attached hydrogens (tertiary/aromatic N) is 3. The second-order valence-electron chi connectivity index (χ2n) is 5.98. The number of hydrogen-bond acceptors (Lipinski definition) is 5. The average Bonchev–Trinajstić information content (AvgIpc) is 3.08. The summed E-state index contributed by atoms with van der Waals surface area (Å²) in [7, 11) is 0. The molecule has 1 amide bonds. The van der Waals surface area contributed by atoms with E-state index in [0.29, 0.717) is 5.89 Å². The summed E-state index contributed by atoms with van der Waals surface area (Å²) in [6.07, 6.45) is 8.93. The molecule has 110 valence electrons. The Balaban J connectivity index is 1.66. The predicted octanol–water partition coefficient (Wildman–Crippen LogP) is 1.89. The zero-order valence-electron chi connectivity index (χ0n) is 11.8. The molecule has 1 aliphatic heterocycles. The van der Waals surface area contributed by atoms with Gasteiger partial charge in [-0.2, -0.15) is 4.98 Å². The molecule has 2 fully saturated rings. The lowest BCUT2D eigenvalue weighted by Gasteiger charge is -2.29. The molecule has 1 saturated heterocycles. The van der Waals surface area contributed by atoms with E-state index in [4.69, 9.17) is 10.3 Å². The second kappa shape index (κ2) is 5.91. The van der Waals surface area contributed by atoms with Gasteiger partial charge in [0, 0.05) is 6.54 Å². The van der Waals surface area contributed by atoms with Gasteiger partial charge in [-0.05, 0) is 38.1 Å². The van der Waals surface area contributed by atoms with Gasteiger partial charge in [0.1, 0.15) is 0 Å². The lowest BCUT2D eigenvalue weighted by atomic mass is 9.89. The highest BCUT2D eigenvalue weighted by Crippen LogP contribution is 2.34. The highest BCUT2D eigenvalue weighted by atomic mass is 16.5. The summed E-state index contributed by atoms with van der Waals surface area (Å²) in [6, 6.07) is 0.164. The van der Waals surface area contributed by atoms with E-state index in [1.807, 2.05) is 0 Å². The summed E-state index contributed by atoms with van der Waals surface area (Å²) in [4.78, 5) is 17.6. The van der Waals surface area contributed by atoms with Crippen molar-refractivity contribution in [2.24, 2.45) is 11.7 Å². The molecule has 1 atom stereocenters. The molecular weight excluding hydrogens is 256 g/mol. The number of nitrogens with two attached hydrogens (primary N) is 1. The smallest absolute Gasteiger partial charge is 0.290 e. The minimum absolute atomic E-state index is 0.00971. The third kappa shape index (κ3) is 2.85. The van der Waals surface area contributed by atoms with Crippen LogP contribution in [0, 0.1) is 5.92 Å². The largest absolute Gasteiger partial charge is 0.363 e. The fourth-order valence-electron chi connectivity index (χ4n) is 3.50. The molecule has 1 aromatic heterocycles. The van der Waals surface area contributed by atoms with Gasteiger partial charge in [0.25, 0.3) is 11.7 Å². The Bertz CT molecular complexity index is 467. The van der Waals surface area contributed by atoms with Crippen molar-refractivity contribution in [2.75, 3.05) is 13.1 Å². The molecule has 6 heteroatoms. The van der Waals surface area contributed by atoms with Gasteiger partial charge in [0.2, 0.25) is 5.89 Å². The number of carbonyl (C=O) groups is 1. The molecule has 1 aliphatic carbocycles. The van der Waals surface area contributed by atoms with Crippen LogP contribution in [0.25, 0.3) is 0 Å². The van der Waals surface area contributed by atoms with Crippen LogP contribution >= 0.6 is 0 Å². The number of likely N-dealkylation sites (tertiary alicyclic amines) is 1. The van der Waals surface area contributed by atoms with Gasteiger partial charge in [-0.15, -0.1) is 0 Å². The molecule has 0 spiro atoms. The maximum absolute atomic E-state index is 11.1. The number of rotatable bonds is 4. The Kier molecular flexibility index (Phi) is 4.00. The Labute approximate surface area is 118 Å². The number of hydrogen-bond donors (Lipinski definition) is 1. The molecule has 2 heterocycles. The third-order valence-corrected chi connectivity index (χ3v) is 4.53. The first-order valence-electron chi connectivity index (χ1n) is 7.61. The molecule has 2 aliphatic rings. The SMILES string of the molecule is NC(=O)c1noc(C2CCCN2CC2CCCCC2)n1. The second-order valence-corrected chi connectivity index (χ2v) is 5.98. The van der Waals surface area contributed by atoms with Crippen molar-refractivity contribution in [3.05, 3.63) is 11.7 Å². The monoisotopic (exact) mass is 278 g/mol. The normalized spacial score (nSPS) is 25.1. The van der Waals surface area contributed by atoms with Crippen LogP contribution < -0.4 is 5.73 Å². The van der Waals surface area contributed by atoms with E-state index in [-0.39, 0.29) is 11.9 Å². The predicted molar refractivity (Wildman–Crippen MR) is 72.9 cm³/mol. The van der Waals surface area contributed by atoms with Gasteiger partial charge in [0.15, 0.2) is 0 Å². The first-order chi connectivity index (χ1) is 9.74. The van der Waals surface area contributed by atoms with Crippen molar-refractivity contribution in [3.63, 3.8) is 0 Å². The molecule has 0 radical (unpaired) electrons. The Morgan fingerprint density at radius 2 is 2.05 bits per heavy atom. The van der Waals surface area contributed by atoms with Crippen LogP contribution in [0.3, 0.4) is 0 Å². The molecular formula is C14H22N4O2. The van der Waals surface area contributed by atoms with Crippen LogP contribution in [0.4, 0.5) is 0 Å². The molecule has 3 rings (SSSR count). The molecule has 0 aromatic carbocycles. The van der Waals surface area contributed by atoms with E-state index < -0.39 is 5.91 Å². The Hall–Kier alpha value is -1.43. The minimum Gasteiger partial charge on any atom is -0.363 e. The van der Waals surface area contributed by atoms with Crippen LogP contribution in [0.15, 0.2) is 4.52 Å². The summed E-state index contributed by atoms with van der Waals surface area (Å²) in [5, 5.41) is 3.65. The summed E-state index contributed by atoms with van der Waals surface area (Å²) in [5.41, 5.74) is 5.17. The zero-order valence-corrected chi connectivity index (χ0v) is 11.8. The zero-order chi connectivity index (χ0) is 13.9. The van der Waals surface area contributed by atoms with E-state index in [0.717, 1.165) is 31.8 Å². The van der Waals surface area contributed by atoms with Gasteiger partial charge in [-0.3, -0.25) is 9.69 Å². The van der Waals surface area contributed by atoms with Gasteiger partial charge in [-0.25, -0.2) is 0 Å². The van der Waals surface area contributed by atoms with Crippen molar-refractivity contribution in [1.29, 1.82) is 0 Å². The molecule has 1 saturated carbocycles. The van der Waals surface area contributed by atoms with E-state index in [1.165, 1.54) is 32.1 Å². The van der Waals surface area contributed by atoms with Crippen molar-refractivity contribution in [1.82, 2.24) is 15.0 Å². The number of carbonyl (C=O) groups excluding carboxylic acids is 1. The van der Waals surface area contributed by atoms with Gasteiger partial charge >= 0.3 is 0 Å². The van der Waals surface area contributed by atoms with Crippen LogP contribution in [0.2, 0.25) is 0 Å².